The van der Waals surface area contributed by atoms with Gasteiger partial charge in [0.15, 0.2) is 0 Å². The minimum atomic E-state index is 0.0617. The highest BCUT2D eigenvalue weighted by molar-refractivity contribution is 5.78. The van der Waals surface area contributed by atoms with Gasteiger partial charge in [0.05, 0.1) is 6.42 Å². The number of carbonyl (C=O) groups excluding carboxylic acids is 1. The van der Waals surface area contributed by atoms with Crippen LogP contribution in [-0.2, 0) is 17.6 Å². The molecule has 0 atom stereocenters. The molecule has 0 radical (unpaired) electrons. The first kappa shape index (κ1) is 11.8. The first-order valence-electron chi connectivity index (χ1n) is 5.40. The summed E-state index contributed by atoms with van der Waals surface area (Å²) in [5.74, 6) is 0.737. The SMILES string of the molecule is CNC(=O)Cc1ccc(CC(C)C)cc1. The smallest absolute Gasteiger partial charge is 0.224 e. The van der Waals surface area contributed by atoms with E-state index >= 15 is 0 Å². The van der Waals surface area contributed by atoms with Crippen molar-refractivity contribution in [3.05, 3.63) is 35.4 Å². The third-order valence-electron chi connectivity index (χ3n) is 2.31. The van der Waals surface area contributed by atoms with Crippen LogP contribution in [0.4, 0.5) is 0 Å². The Labute approximate surface area is 91.7 Å². The molecule has 0 unspecified atom stereocenters. The van der Waals surface area contributed by atoms with E-state index in [1.54, 1.807) is 7.05 Å². The number of hydrogen-bond acceptors (Lipinski definition) is 1. The van der Waals surface area contributed by atoms with E-state index in [4.69, 9.17) is 0 Å². The fourth-order valence-corrected chi connectivity index (χ4v) is 1.54. The minimum absolute atomic E-state index is 0.0617. The van der Waals surface area contributed by atoms with Crippen molar-refractivity contribution in [1.29, 1.82) is 0 Å². The summed E-state index contributed by atoms with van der Waals surface area (Å²) < 4.78 is 0. The molecule has 0 saturated heterocycles. The topological polar surface area (TPSA) is 29.1 Å². The second-order valence-electron chi connectivity index (χ2n) is 4.26. The maximum atomic E-state index is 11.1. The zero-order valence-electron chi connectivity index (χ0n) is 9.71. The average Bonchev–Trinajstić information content (AvgIpc) is 2.20. The molecule has 0 aliphatic carbocycles. The summed E-state index contributed by atoms with van der Waals surface area (Å²) in [4.78, 5) is 11.1. The molecule has 0 aromatic heterocycles. The van der Waals surface area contributed by atoms with Crippen molar-refractivity contribution in [2.24, 2.45) is 5.92 Å². The van der Waals surface area contributed by atoms with E-state index in [9.17, 15) is 4.79 Å². The van der Waals surface area contributed by atoms with E-state index in [1.807, 2.05) is 12.1 Å². The number of amides is 1. The second kappa shape index (κ2) is 5.54. The summed E-state index contributed by atoms with van der Waals surface area (Å²) >= 11 is 0. The monoisotopic (exact) mass is 205 g/mol. The van der Waals surface area contributed by atoms with Gasteiger partial charge in [0.2, 0.25) is 5.91 Å². The van der Waals surface area contributed by atoms with Crippen LogP contribution in [-0.4, -0.2) is 13.0 Å². The molecule has 1 aromatic rings. The second-order valence-corrected chi connectivity index (χ2v) is 4.26. The predicted molar refractivity (Wildman–Crippen MR) is 62.8 cm³/mol. The third kappa shape index (κ3) is 4.15. The Hall–Kier alpha value is -1.31. The molecular formula is C13H19NO. The standard InChI is InChI=1S/C13H19NO/c1-10(2)8-11-4-6-12(7-5-11)9-13(15)14-3/h4-7,10H,8-9H2,1-3H3,(H,14,15). The van der Waals surface area contributed by atoms with Gasteiger partial charge in [-0.3, -0.25) is 4.79 Å². The average molecular weight is 205 g/mol. The highest BCUT2D eigenvalue weighted by atomic mass is 16.1. The van der Waals surface area contributed by atoms with E-state index < -0.39 is 0 Å². The van der Waals surface area contributed by atoms with Gasteiger partial charge in [-0.2, -0.15) is 0 Å². The number of likely N-dealkylation sites (N-methyl/N-ethyl adjacent to an activating group) is 1. The fraction of sp³-hybridized carbons (Fsp3) is 0.462. The number of nitrogens with one attached hydrogen (secondary N) is 1. The van der Waals surface area contributed by atoms with Gasteiger partial charge in [-0.1, -0.05) is 38.1 Å². The van der Waals surface area contributed by atoms with Gasteiger partial charge < -0.3 is 5.32 Å². The number of carbonyl (C=O) groups is 1. The van der Waals surface area contributed by atoms with Gasteiger partial charge in [-0.15, -0.1) is 0 Å². The summed E-state index contributed by atoms with van der Waals surface area (Å²) in [5, 5.41) is 2.62. The van der Waals surface area contributed by atoms with Gasteiger partial charge >= 0.3 is 0 Å². The molecule has 82 valence electrons. The highest BCUT2D eigenvalue weighted by Crippen LogP contribution is 2.10. The summed E-state index contributed by atoms with van der Waals surface area (Å²) in [6, 6.07) is 8.29. The lowest BCUT2D eigenvalue weighted by Gasteiger charge is -2.06. The van der Waals surface area contributed by atoms with E-state index in [0.29, 0.717) is 12.3 Å². The van der Waals surface area contributed by atoms with Crippen molar-refractivity contribution in [3.63, 3.8) is 0 Å². The molecule has 15 heavy (non-hydrogen) atoms. The molecule has 1 aromatic carbocycles. The quantitative estimate of drug-likeness (QED) is 0.802. The van der Waals surface area contributed by atoms with Crippen molar-refractivity contribution < 1.29 is 4.79 Å². The van der Waals surface area contributed by atoms with Crippen LogP contribution < -0.4 is 5.32 Å². The van der Waals surface area contributed by atoms with Crippen LogP contribution in [0.1, 0.15) is 25.0 Å². The molecule has 2 heteroatoms. The largest absolute Gasteiger partial charge is 0.359 e. The van der Waals surface area contributed by atoms with Crippen molar-refractivity contribution in [2.75, 3.05) is 7.05 Å². The van der Waals surface area contributed by atoms with Crippen molar-refractivity contribution in [1.82, 2.24) is 5.32 Å². The molecule has 2 nitrogen and oxygen atoms in total. The Morgan fingerprint density at radius 1 is 1.20 bits per heavy atom. The van der Waals surface area contributed by atoms with Crippen LogP contribution in [0.15, 0.2) is 24.3 Å². The van der Waals surface area contributed by atoms with E-state index in [-0.39, 0.29) is 5.91 Å². The molecule has 0 aliphatic rings. The maximum Gasteiger partial charge on any atom is 0.224 e. The maximum absolute atomic E-state index is 11.1. The van der Waals surface area contributed by atoms with E-state index in [2.05, 4.69) is 31.3 Å². The van der Waals surface area contributed by atoms with Crippen LogP contribution in [0.5, 0.6) is 0 Å². The molecule has 0 heterocycles. The zero-order valence-corrected chi connectivity index (χ0v) is 9.71. The van der Waals surface area contributed by atoms with E-state index in [0.717, 1.165) is 12.0 Å². The molecule has 0 spiro atoms. The Morgan fingerprint density at radius 3 is 2.20 bits per heavy atom. The summed E-state index contributed by atoms with van der Waals surface area (Å²) in [7, 11) is 1.66. The molecular weight excluding hydrogens is 186 g/mol. The molecule has 0 fully saturated rings. The lowest BCUT2D eigenvalue weighted by atomic mass is 10.0. The van der Waals surface area contributed by atoms with Crippen LogP contribution in [0.3, 0.4) is 0 Å². The Kier molecular flexibility index (Phi) is 4.35. The predicted octanol–water partition coefficient (Wildman–Crippen LogP) is 2.17. The van der Waals surface area contributed by atoms with Gasteiger partial charge in [0, 0.05) is 7.05 Å². The molecule has 0 bridgehead atoms. The molecule has 0 saturated carbocycles. The first-order chi connectivity index (χ1) is 7.11. The van der Waals surface area contributed by atoms with Gasteiger partial charge in [0.25, 0.3) is 0 Å². The molecule has 0 aliphatic heterocycles. The van der Waals surface area contributed by atoms with E-state index in [1.165, 1.54) is 5.56 Å². The number of benzene rings is 1. The van der Waals surface area contributed by atoms with Crippen molar-refractivity contribution in [2.45, 2.75) is 26.7 Å². The molecule has 1 rings (SSSR count). The zero-order chi connectivity index (χ0) is 11.3. The Morgan fingerprint density at radius 2 is 1.73 bits per heavy atom. The van der Waals surface area contributed by atoms with Crippen LogP contribution in [0.2, 0.25) is 0 Å². The lowest BCUT2D eigenvalue weighted by Crippen LogP contribution is -2.19. The summed E-state index contributed by atoms with van der Waals surface area (Å²) in [6.45, 7) is 4.41. The minimum Gasteiger partial charge on any atom is -0.359 e. The number of rotatable bonds is 4. The fourth-order valence-electron chi connectivity index (χ4n) is 1.54. The number of hydrogen-bond donors (Lipinski definition) is 1. The van der Waals surface area contributed by atoms with Gasteiger partial charge in [-0.05, 0) is 23.5 Å². The van der Waals surface area contributed by atoms with Crippen molar-refractivity contribution >= 4 is 5.91 Å². The lowest BCUT2D eigenvalue weighted by molar-refractivity contribution is -0.119. The third-order valence-corrected chi connectivity index (χ3v) is 2.31. The van der Waals surface area contributed by atoms with Crippen LogP contribution in [0.25, 0.3) is 0 Å². The van der Waals surface area contributed by atoms with Crippen LogP contribution in [0, 0.1) is 5.92 Å². The Bertz CT molecular complexity index is 314. The molecule has 1 amide bonds. The Balaban J connectivity index is 2.60. The van der Waals surface area contributed by atoms with Crippen molar-refractivity contribution in [3.8, 4) is 0 Å². The van der Waals surface area contributed by atoms with Crippen LogP contribution >= 0.6 is 0 Å². The first-order valence-corrected chi connectivity index (χ1v) is 5.40. The molecule has 1 N–H and O–H groups in total. The van der Waals surface area contributed by atoms with Gasteiger partial charge in [0.1, 0.15) is 0 Å². The normalized spacial score (nSPS) is 10.4. The highest BCUT2D eigenvalue weighted by Gasteiger charge is 2.01. The summed E-state index contributed by atoms with van der Waals surface area (Å²) in [5.41, 5.74) is 2.41. The van der Waals surface area contributed by atoms with Gasteiger partial charge in [-0.25, -0.2) is 0 Å². The summed E-state index contributed by atoms with van der Waals surface area (Å²) in [6.07, 6.45) is 1.57.